The molecular formula is C22H38N8O9S4. The monoisotopic (exact) mass is 686 g/mol. The van der Waals surface area contributed by atoms with Crippen molar-refractivity contribution in [3.8, 4) is 0 Å². The molecule has 0 fully saturated rings. The summed E-state index contributed by atoms with van der Waals surface area (Å²) in [5.74, 6) is -7.99. The highest BCUT2D eigenvalue weighted by Crippen LogP contribution is 2.02. The van der Waals surface area contributed by atoms with Crippen LogP contribution in [0.15, 0.2) is 0 Å². The molecule has 17 nitrogen and oxygen atoms in total. The second kappa shape index (κ2) is 20.9. The Morgan fingerprint density at radius 2 is 0.791 bits per heavy atom. The van der Waals surface area contributed by atoms with Crippen molar-refractivity contribution < 1.29 is 43.5 Å². The zero-order chi connectivity index (χ0) is 33.3. The number of primary amides is 2. The summed E-state index contributed by atoms with van der Waals surface area (Å²) in [4.78, 5) is 96.5. The smallest absolute Gasteiger partial charge is 0.326 e. The topological polar surface area (TPSA) is 295 Å². The number of carboxylic acid groups (broad SMARTS) is 1. The van der Waals surface area contributed by atoms with Crippen molar-refractivity contribution in [3.05, 3.63) is 0 Å². The summed E-state index contributed by atoms with van der Waals surface area (Å²) in [7, 11) is 0. The van der Waals surface area contributed by atoms with Crippen molar-refractivity contribution in [2.24, 2.45) is 17.2 Å². The van der Waals surface area contributed by atoms with Crippen molar-refractivity contribution in [3.63, 3.8) is 0 Å². The maximum absolute atomic E-state index is 12.9. The molecule has 21 heteroatoms. The molecule has 0 rings (SSSR count). The minimum Gasteiger partial charge on any atom is -0.480 e. The van der Waals surface area contributed by atoms with E-state index >= 15 is 0 Å². The molecule has 0 aromatic heterocycles. The molecule has 244 valence electrons. The van der Waals surface area contributed by atoms with Gasteiger partial charge in [0, 0.05) is 35.9 Å². The van der Waals surface area contributed by atoms with Gasteiger partial charge >= 0.3 is 5.97 Å². The van der Waals surface area contributed by atoms with Gasteiger partial charge in [0.15, 0.2) is 0 Å². The largest absolute Gasteiger partial charge is 0.480 e. The van der Waals surface area contributed by atoms with Crippen LogP contribution < -0.4 is 43.8 Å². The molecule has 6 atom stereocenters. The number of carboxylic acids is 1. The lowest BCUT2D eigenvalue weighted by Crippen LogP contribution is -2.60. The number of hydrogen-bond donors (Lipinski definition) is 13. The Morgan fingerprint density at radius 3 is 1.07 bits per heavy atom. The Hall–Kier alpha value is -2.88. The molecule has 0 aromatic rings. The molecule has 7 amide bonds. The standard InChI is InChI=1S/C22H38N8O9S4/c23-9(1-3-15(24)31)17(33)27-11(5-40)19(35)29-13(7-42)21(37)30-14(8-43)20(36)28-12(6-41)18(34)26-10(22(38)39)2-4-16(25)32/h9-14,40-43H,1-8,23H2,(H2,24,31)(H2,25,32)(H,26,34)(H,27,33)(H,28,36)(H,29,35)(H,30,37)(H,38,39)/t9-,10-,11-,12-,13-,14-/m0/s1. The summed E-state index contributed by atoms with van der Waals surface area (Å²) < 4.78 is 0. The molecule has 0 aromatic carbocycles. The molecule has 0 aliphatic carbocycles. The summed E-state index contributed by atoms with van der Waals surface area (Å²) in [5.41, 5.74) is 15.8. The second-order valence-electron chi connectivity index (χ2n) is 8.99. The number of thiol groups is 4. The molecule has 0 bridgehead atoms. The first kappa shape index (κ1) is 40.1. The Morgan fingerprint density at radius 1 is 0.512 bits per heavy atom. The van der Waals surface area contributed by atoms with Gasteiger partial charge in [-0.1, -0.05) is 0 Å². The molecule has 43 heavy (non-hydrogen) atoms. The van der Waals surface area contributed by atoms with Gasteiger partial charge in [0.05, 0.1) is 6.04 Å². The maximum Gasteiger partial charge on any atom is 0.326 e. The number of amides is 7. The van der Waals surface area contributed by atoms with Crippen LogP contribution in [0.2, 0.25) is 0 Å². The van der Waals surface area contributed by atoms with Crippen molar-refractivity contribution >= 4 is 97.8 Å². The molecule has 0 saturated heterocycles. The predicted octanol–water partition coefficient (Wildman–Crippen LogP) is -4.93. The van der Waals surface area contributed by atoms with Crippen molar-refractivity contribution in [2.45, 2.75) is 61.9 Å². The van der Waals surface area contributed by atoms with E-state index in [0.29, 0.717) is 0 Å². The van der Waals surface area contributed by atoms with Gasteiger partial charge in [0.25, 0.3) is 0 Å². The molecular weight excluding hydrogens is 649 g/mol. The van der Waals surface area contributed by atoms with E-state index in [9.17, 15) is 43.5 Å². The van der Waals surface area contributed by atoms with Crippen LogP contribution in [-0.4, -0.2) is 112 Å². The fourth-order valence-electron chi connectivity index (χ4n) is 3.12. The van der Waals surface area contributed by atoms with Gasteiger partial charge in [-0.3, -0.25) is 33.6 Å². The van der Waals surface area contributed by atoms with Crippen LogP contribution in [0.1, 0.15) is 25.7 Å². The zero-order valence-electron chi connectivity index (χ0n) is 22.9. The lowest BCUT2D eigenvalue weighted by Gasteiger charge is -2.25. The van der Waals surface area contributed by atoms with E-state index in [1.807, 2.05) is 0 Å². The minimum absolute atomic E-state index is 0.0535. The highest BCUT2D eigenvalue weighted by atomic mass is 32.1. The number of nitrogens with two attached hydrogens (primary N) is 3. The van der Waals surface area contributed by atoms with E-state index in [2.05, 4.69) is 77.1 Å². The molecule has 0 radical (unpaired) electrons. The number of hydrogen-bond acceptors (Lipinski definition) is 13. The van der Waals surface area contributed by atoms with Gasteiger partial charge in [-0.2, -0.15) is 50.5 Å². The van der Waals surface area contributed by atoms with Gasteiger partial charge in [-0.25, -0.2) is 4.79 Å². The Labute approximate surface area is 269 Å². The van der Waals surface area contributed by atoms with E-state index in [-0.39, 0.29) is 48.7 Å². The molecule has 12 N–H and O–H groups in total. The highest BCUT2D eigenvalue weighted by Gasteiger charge is 2.31. The average molecular weight is 687 g/mol. The number of carbonyl (C=O) groups is 8. The van der Waals surface area contributed by atoms with Crippen LogP contribution in [0, 0.1) is 0 Å². The minimum atomic E-state index is -1.46. The van der Waals surface area contributed by atoms with E-state index in [0.717, 1.165) is 0 Å². The molecule has 0 heterocycles. The maximum atomic E-state index is 12.9. The van der Waals surface area contributed by atoms with E-state index in [4.69, 9.17) is 17.2 Å². The van der Waals surface area contributed by atoms with Gasteiger partial charge in [-0.05, 0) is 12.8 Å². The number of aliphatic carboxylic acids is 1. The Bertz CT molecular complexity index is 1040. The van der Waals surface area contributed by atoms with Gasteiger partial charge in [0.2, 0.25) is 41.4 Å². The Balaban J connectivity index is 5.29. The zero-order valence-corrected chi connectivity index (χ0v) is 26.4. The van der Waals surface area contributed by atoms with Gasteiger partial charge < -0.3 is 48.9 Å². The molecule has 0 aliphatic heterocycles. The summed E-state index contributed by atoms with van der Waals surface area (Å²) in [6.45, 7) is 0. The normalized spacial score (nSPS) is 14.9. The fourth-order valence-corrected chi connectivity index (χ4v) is 4.15. The van der Waals surface area contributed by atoms with Crippen LogP contribution in [0.4, 0.5) is 0 Å². The van der Waals surface area contributed by atoms with Crippen LogP contribution >= 0.6 is 50.5 Å². The summed E-state index contributed by atoms with van der Waals surface area (Å²) >= 11 is 16.1. The first-order chi connectivity index (χ1) is 20.1. The van der Waals surface area contributed by atoms with Crippen molar-refractivity contribution in [1.82, 2.24) is 26.6 Å². The summed E-state index contributed by atoms with van der Waals surface area (Å²) in [5, 5.41) is 20.9. The number of carbonyl (C=O) groups excluding carboxylic acids is 7. The van der Waals surface area contributed by atoms with Crippen LogP contribution in [0.25, 0.3) is 0 Å². The van der Waals surface area contributed by atoms with Crippen LogP contribution in [-0.2, 0) is 38.4 Å². The van der Waals surface area contributed by atoms with E-state index < -0.39 is 83.6 Å². The third kappa shape index (κ3) is 15.4. The van der Waals surface area contributed by atoms with E-state index in [1.165, 1.54) is 0 Å². The molecule has 0 unspecified atom stereocenters. The van der Waals surface area contributed by atoms with E-state index in [1.54, 1.807) is 0 Å². The quantitative estimate of drug-likeness (QED) is 0.0511. The Kier molecular flexibility index (Phi) is 19.5. The number of nitrogens with one attached hydrogen (secondary N) is 5. The lowest BCUT2D eigenvalue weighted by molar-refractivity contribution is -0.142. The predicted molar refractivity (Wildman–Crippen MR) is 168 cm³/mol. The molecule has 0 aliphatic rings. The molecule has 0 spiro atoms. The van der Waals surface area contributed by atoms with Crippen molar-refractivity contribution in [1.29, 1.82) is 0 Å². The second-order valence-corrected chi connectivity index (χ2v) is 10.5. The third-order valence-corrected chi connectivity index (χ3v) is 7.06. The lowest BCUT2D eigenvalue weighted by atomic mass is 10.1. The van der Waals surface area contributed by atoms with Crippen LogP contribution in [0.5, 0.6) is 0 Å². The van der Waals surface area contributed by atoms with Gasteiger partial charge in [-0.15, -0.1) is 0 Å². The highest BCUT2D eigenvalue weighted by molar-refractivity contribution is 7.80. The first-order valence-electron chi connectivity index (χ1n) is 12.6. The number of rotatable bonds is 21. The van der Waals surface area contributed by atoms with Gasteiger partial charge in [0.1, 0.15) is 30.2 Å². The average Bonchev–Trinajstić information content (AvgIpc) is 2.95. The van der Waals surface area contributed by atoms with Crippen LogP contribution in [0.3, 0.4) is 0 Å². The van der Waals surface area contributed by atoms with Crippen molar-refractivity contribution in [2.75, 3.05) is 23.0 Å². The fraction of sp³-hybridized carbons (Fsp3) is 0.636. The molecule has 0 saturated carbocycles. The summed E-state index contributed by atoms with van der Waals surface area (Å²) in [6.07, 6.45) is -0.789. The first-order valence-corrected chi connectivity index (χ1v) is 15.1. The third-order valence-electron chi connectivity index (χ3n) is 5.59. The SMILES string of the molecule is NC(=O)CC[C@H](NC(=O)[C@H](CS)NC(=O)[C@H](CS)NC(=O)[C@H](CS)NC(=O)[C@H](CS)NC(=O)[C@@H](N)CCC(N)=O)C(=O)O. The summed E-state index contributed by atoms with van der Waals surface area (Å²) in [6, 6.07) is -7.76.